The first-order valence-corrected chi connectivity index (χ1v) is 6.36. The number of aromatic nitrogens is 3. The first-order chi connectivity index (χ1) is 11.1. The highest BCUT2D eigenvalue weighted by Crippen LogP contribution is 2.36. The second-order valence-electron chi connectivity index (χ2n) is 4.79. The molecule has 2 heterocycles. The van der Waals surface area contributed by atoms with Gasteiger partial charge >= 0.3 is 12.4 Å². The van der Waals surface area contributed by atoms with E-state index in [-0.39, 0.29) is 5.69 Å². The van der Waals surface area contributed by atoms with Crippen LogP contribution in [-0.4, -0.2) is 14.4 Å². The largest absolute Gasteiger partial charge is 0.433 e. The number of fused-ring (bicyclic) bond motifs is 1. The summed E-state index contributed by atoms with van der Waals surface area (Å²) in [6.07, 6.45) is -7.72. The van der Waals surface area contributed by atoms with E-state index in [9.17, 15) is 30.7 Å². The van der Waals surface area contributed by atoms with Gasteiger partial charge in [-0.25, -0.2) is 14.4 Å². The Morgan fingerprint density at radius 3 is 2.25 bits per heavy atom. The number of alkyl halides is 6. The summed E-state index contributed by atoms with van der Waals surface area (Å²) in [6.45, 7) is 0. The van der Waals surface area contributed by atoms with Crippen LogP contribution < -0.4 is 0 Å². The minimum Gasteiger partial charge on any atom is -0.284 e. The smallest absolute Gasteiger partial charge is 0.284 e. The van der Waals surface area contributed by atoms with Crippen molar-refractivity contribution >= 4 is 5.78 Å². The lowest BCUT2D eigenvalue weighted by Gasteiger charge is -2.11. The average Bonchev–Trinajstić information content (AvgIpc) is 2.88. The lowest BCUT2D eigenvalue weighted by atomic mass is 10.1. The minimum atomic E-state index is -4.90. The maximum absolute atomic E-state index is 14.2. The van der Waals surface area contributed by atoms with E-state index in [2.05, 4.69) is 9.97 Å². The Balaban J connectivity index is 2.18. The van der Waals surface area contributed by atoms with Crippen molar-refractivity contribution < 1.29 is 30.7 Å². The summed E-state index contributed by atoms with van der Waals surface area (Å²) < 4.78 is 91.3. The van der Waals surface area contributed by atoms with Crippen molar-refractivity contribution in [2.24, 2.45) is 0 Å². The zero-order valence-corrected chi connectivity index (χ0v) is 11.5. The number of benzene rings is 1. The Morgan fingerprint density at radius 2 is 1.62 bits per heavy atom. The predicted molar refractivity (Wildman–Crippen MR) is 68.4 cm³/mol. The summed E-state index contributed by atoms with van der Waals surface area (Å²) in [4.78, 5) is 6.88. The van der Waals surface area contributed by atoms with Gasteiger partial charge in [0.1, 0.15) is 11.5 Å². The van der Waals surface area contributed by atoms with Gasteiger partial charge in [-0.2, -0.15) is 26.3 Å². The molecule has 0 saturated heterocycles. The normalized spacial score (nSPS) is 12.8. The Hall–Kier alpha value is -2.65. The highest BCUT2D eigenvalue weighted by Gasteiger charge is 2.36. The van der Waals surface area contributed by atoms with Crippen LogP contribution in [0.25, 0.3) is 17.0 Å². The lowest BCUT2D eigenvalue weighted by Crippen LogP contribution is -2.10. The van der Waals surface area contributed by atoms with Crippen LogP contribution in [0, 0.1) is 5.82 Å². The van der Waals surface area contributed by atoms with Gasteiger partial charge in [0.15, 0.2) is 0 Å². The van der Waals surface area contributed by atoms with Crippen LogP contribution in [0.1, 0.15) is 11.3 Å². The molecule has 0 amide bonds. The van der Waals surface area contributed by atoms with E-state index in [1.807, 2.05) is 0 Å². The Morgan fingerprint density at radius 1 is 0.917 bits per heavy atom. The molecule has 3 aromatic rings. The van der Waals surface area contributed by atoms with Gasteiger partial charge in [-0.1, -0.05) is 6.07 Å². The molecular weight excluding hydrogens is 343 g/mol. The third kappa shape index (κ3) is 2.68. The minimum absolute atomic E-state index is 0.144. The van der Waals surface area contributed by atoms with Crippen LogP contribution in [0.5, 0.6) is 0 Å². The molecule has 0 bridgehead atoms. The molecule has 2 aromatic heterocycles. The van der Waals surface area contributed by atoms with Crippen molar-refractivity contribution in [3.05, 3.63) is 53.7 Å². The Bertz CT molecular complexity index is 909. The van der Waals surface area contributed by atoms with Gasteiger partial charge in [-0.15, -0.1) is 0 Å². The van der Waals surface area contributed by atoms with Crippen molar-refractivity contribution in [2.75, 3.05) is 0 Å². The Labute approximate surface area is 129 Å². The quantitative estimate of drug-likeness (QED) is 0.603. The summed E-state index contributed by atoms with van der Waals surface area (Å²) in [5.41, 5.74) is -3.28. The number of rotatable bonds is 1. The molecule has 0 atom stereocenters. The van der Waals surface area contributed by atoms with Crippen molar-refractivity contribution in [3.63, 3.8) is 0 Å². The van der Waals surface area contributed by atoms with Crippen LogP contribution in [-0.2, 0) is 12.4 Å². The number of hydrogen-bond donors (Lipinski definition) is 0. The summed E-state index contributed by atoms with van der Waals surface area (Å²) in [7, 11) is 0. The van der Waals surface area contributed by atoms with Crippen LogP contribution >= 0.6 is 0 Å². The monoisotopic (exact) mass is 349 g/mol. The van der Waals surface area contributed by atoms with Crippen LogP contribution in [0.15, 0.2) is 36.7 Å². The molecule has 0 fully saturated rings. The Kier molecular flexibility index (Phi) is 3.50. The molecule has 126 valence electrons. The number of imidazole rings is 1. The summed E-state index contributed by atoms with van der Waals surface area (Å²) in [6, 6.07) is 3.27. The van der Waals surface area contributed by atoms with E-state index >= 15 is 0 Å². The van der Waals surface area contributed by atoms with Crippen molar-refractivity contribution in [2.45, 2.75) is 12.4 Å². The van der Waals surface area contributed by atoms with Crippen molar-refractivity contribution in [3.8, 4) is 11.3 Å². The second kappa shape index (κ2) is 5.18. The number of hydrogen-bond acceptors (Lipinski definition) is 2. The molecule has 0 aliphatic rings. The zero-order chi connectivity index (χ0) is 17.7. The summed E-state index contributed by atoms with van der Waals surface area (Å²) in [5.74, 6) is -1.94. The molecule has 0 radical (unpaired) electrons. The third-order valence-electron chi connectivity index (χ3n) is 3.25. The molecule has 3 rings (SSSR count). The summed E-state index contributed by atoms with van der Waals surface area (Å²) in [5, 5.41) is 0. The van der Waals surface area contributed by atoms with Gasteiger partial charge in [0.05, 0.1) is 17.5 Å². The maximum Gasteiger partial charge on any atom is 0.433 e. The second-order valence-corrected chi connectivity index (χ2v) is 4.79. The van der Waals surface area contributed by atoms with Gasteiger partial charge in [-0.3, -0.25) is 4.40 Å². The zero-order valence-electron chi connectivity index (χ0n) is 11.5. The fourth-order valence-electron chi connectivity index (χ4n) is 2.18. The molecule has 3 nitrogen and oxygen atoms in total. The first-order valence-electron chi connectivity index (χ1n) is 6.36. The standard InChI is InChI=1S/C14H6F7N3/c15-11-7(2-1-3-8(11)13(16,17)18)9-6-22-12-23-10(14(19,20)21)4-5-24(9)12/h1-6H. The SMILES string of the molecule is Fc1c(-c2cnc3nc(C(F)(F)F)ccn23)cccc1C(F)(F)F. The molecule has 0 aliphatic heterocycles. The maximum atomic E-state index is 14.2. The first kappa shape index (κ1) is 16.2. The van der Waals surface area contributed by atoms with Gasteiger partial charge in [-0.05, 0) is 18.2 Å². The van der Waals surface area contributed by atoms with Gasteiger partial charge in [0.2, 0.25) is 5.78 Å². The van der Waals surface area contributed by atoms with Crippen LogP contribution in [0.3, 0.4) is 0 Å². The topological polar surface area (TPSA) is 30.2 Å². The number of halogens is 7. The van der Waals surface area contributed by atoms with Gasteiger partial charge in [0.25, 0.3) is 0 Å². The lowest BCUT2D eigenvalue weighted by molar-refractivity contribution is -0.141. The number of nitrogens with zero attached hydrogens (tertiary/aromatic N) is 3. The van der Waals surface area contributed by atoms with E-state index in [0.29, 0.717) is 12.1 Å². The summed E-state index contributed by atoms with van der Waals surface area (Å²) >= 11 is 0. The molecule has 0 saturated carbocycles. The molecule has 10 heteroatoms. The highest BCUT2D eigenvalue weighted by molar-refractivity contribution is 5.64. The van der Waals surface area contributed by atoms with Crippen molar-refractivity contribution in [1.82, 2.24) is 14.4 Å². The van der Waals surface area contributed by atoms with E-state index < -0.39 is 40.8 Å². The van der Waals surface area contributed by atoms with E-state index in [0.717, 1.165) is 28.9 Å². The molecule has 0 N–H and O–H groups in total. The van der Waals surface area contributed by atoms with Gasteiger partial charge in [0, 0.05) is 11.8 Å². The third-order valence-corrected chi connectivity index (χ3v) is 3.25. The predicted octanol–water partition coefficient (Wildman–Crippen LogP) is 4.57. The molecule has 1 aromatic carbocycles. The fourth-order valence-corrected chi connectivity index (χ4v) is 2.18. The molecule has 0 unspecified atom stereocenters. The van der Waals surface area contributed by atoms with Gasteiger partial charge < -0.3 is 0 Å². The van der Waals surface area contributed by atoms with Crippen LogP contribution in [0.2, 0.25) is 0 Å². The van der Waals surface area contributed by atoms with Crippen molar-refractivity contribution in [1.29, 1.82) is 0 Å². The highest BCUT2D eigenvalue weighted by atomic mass is 19.4. The fraction of sp³-hybridized carbons (Fsp3) is 0.143. The van der Waals surface area contributed by atoms with E-state index in [1.165, 1.54) is 0 Å². The van der Waals surface area contributed by atoms with E-state index in [1.54, 1.807) is 0 Å². The molecule has 24 heavy (non-hydrogen) atoms. The molecule has 0 spiro atoms. The van der Waals surface area contributed by atoms with E-state index in [4.69, 9.17) is 0 Å². The average molecular weight is 349 g/mol. The van der Waals surface area contributed by atoms with Crippen LogP contribution in [0.4, 0.5) is 30.7 Å². The molecular formula is C14H6F7N3. The molecule has 0 aliphatic carbocycles.